The lowest BCUT2D eigenvalue weighted by molar-refractivity contribution is -0.384. The van der Waals surface area contributed by atoms with Crippen LogP contribution in [0.5, 0.6) is 17.2 Å². The minimum Gasteiger partial charge on any atom is -0.507 e. The molecule has 3 aromatic rings. The highest BCUT2D eigenvalue weighted by Gasteiger charge is 2.49. The predicted molar refractivity (Wildman–Crippen MR) is 173 cm³/mol. The van der Waals surface area contributed by atoms with Gasteiger partial charge < -0.3 is 40.0 Å². The average Bonchev–Trinajstić information content (AvgIpc) is 3.05. The van der Waals surface area contributed by atoms with Gasteiger partial charge in [0, 0.05) is 60.7 Å². The lowest BCUT2D eigenvalue weighted by Gasteiger charge is -2.43. The SMILES string of the molecule is COc1cccc2c1C(=O)c1c(O)c3c(c(O)c1C2=O)CC(O)(C(C)=O)CC3OC1CC(NCc2ccc([N+](=O)[O-])cc2)C(O)C(C)O1.Cl. The first-order chi connectivity index (χ1) is 22.7. The van der Waals surface area contributed by atoms with E-state index in [1.54, 1.807) is 19.1 Å². The van der Waals surface area contributed by atoms with Crippen molar-refractivity contribution in [3.63, 3.8) is 0 Å². The summed E-state index contributed by atoms with van der Waals surface area (Å²) in [5.74, 6) is -3.35. The van der Waals surface area contributed by atoms with E-state index in [2.05, 4.69) is 5.32 Å². The molecule has 15 heteroatoms. The van der Waals surface area contributed by atoms with Gasteiger partial charge in [-0.25, -0.2) is 0 Å². The van der Waals surface area contributed by atoms with Crippen molar-refractivity contribution in [3.05, 3.63) is 91.5 Å². The Bertz CT molecular complexity index is 1850. The molecule has 6 unspecified atom stereocenters. The van der Waals surface area contributed by atoms with Crippen molar-refractivity contribution >= 4 is 35.4 Å². The van der Waals surface area contributed by atoms with Crippen LogP contribution in [0.25, 0.3) is 0 Å². The van der Waals surface area contributed by atoms with Gasteiger partial charge in [0.1, 0.15) is 22.8 Å². The molecule has 0 radical (unpaired) electrons. The van der Waals surface area contributed by atoms with Gasteiger partial charge in [0.25, 0.3) is 5.69 Å². The topological polar surface area (TPSA) is 215 Å². The summed E-state index contributed by atoms with van der Waals surface area (Å²) in [6.07, 6.45) is -4.90. The van der Waals surface area contributed by atoms with Gasteiger partial charge in [-0.2, -0.15) is 0 Å². The number of nitro benzene ring substituents is 1. The first-order valence-corrected chi connectivity index (χ1v) is 15.3. The van der Waals surface area contributed by atoms with Crippen molar-refractivity contribution in [1.82, 2.24) is 5.32 Å². The van der Waals surface area contributed by atoms with E-state index >= 15 is 0 Å². The Morgan fingerprint density at radius 2 is 1.76 bits per heavy atom. The van der Waals surface area contributed by atoms with Crippen molar-refractivity contribution in [2.45, 2.75) is 75.9 Å². The van der Waals surface area contributed by atoms with E-state index in [-0.39, 0.29) is 65.5 Å². The molecule has 2 aliphatic carbocycles. The second-order valence-electron chi connectivity index (χ2n) is 12.4. The maximum Gasteiger partial charge on any atom is 0.269 e. The molecule has 260 valence electrons. The van der Waals surface area contributed by atoms with Crippen molar-refractivity contribution in [2.75, 3.05) is 7.11 Å². The molecule has 3 aromatic carbocycles. The minimum atomic E-state index is -2.06. The number of ether oxygens (including phenoxy) is 3. The molecule has 1 aliphatic heterocycles. The van der Waals surface area contributed by atoms with Crippen molar-refractivity contribution < 1.29 is 53.9 Å². The molecule has 1 heterocycles. The van der Waals surface area contributed by atoms with Crippen LogP contribution in [0.2, 0.25) is 0 Å². The van der Waals surface area contributed by atoms with Crippen molar-refractivity contribution in [3.8, 4) is 17.2 Å². The number of carbonyl (C=O) groups is 3. The molecule has 0 saturated carbocycles. The molecule has 0 bridgehead atoms. The molecule has 6 rings (SSSR count). The Balaban J connectivity index is 0.00000468. The first kappa shape index (κ1) is 35.9. The van der Waals surface area contributed by atoms with E-state index in [9.17, 15) is 44.9 Å². The van der Waals surface area contributed by atoms with Gasteiger partial charge >= 0.3 is 0 Å². The van der Waals surface area contributed by atoms with Crippen LogP contribution in [0.4, 0.5) is 5.69 Å². The normalized spacial score (nSPS) is 25.8. The van der Waals surface area contributed by atoms with Gasteiger partial charge in [0.2, 0.25) is 5.78 Å². The highest BCUT2D eigenvalue weighted by atomic mass is 35.5. The van der Waals surface area contributed by atoms with Crippen LogP contribution in [0, 0.1) is 10.1 Å². The van der Waals surface area contributed by atoms with E-state index in [4.69, 9.17) is 14.2 Å². The van der Waals surface area contributed by atoms with Crippen LogP contribution in [0.3, 0.4) is 0 Å². The maximum atomic E-state index is 13.8. The van der Waals surface area contributed by atoms with Gasteiger partial charge in [-0.3, -0.25) is 24.5 Å². The Hall–Kier alpha value is -4.44. The van der Waals surface area contributed by atoms with Crippen molar-refractivity contribution in [1.29, 1.82) is 0 Å². The molecule has 6 atom stereocenters. The molecule has 49 heavy (non-hydrogen) atoms. The fourth-order valence-corrected chi connectivity index (χ4v) is 6.81. The summed E-state index contributed by atoms with van der Waals surface area (Å²) in [6, 6.07) is 9.72. The highest BCUT2D eigenvalue weighted by Crippen LogP contribution is 2.52. The van der Waals surface area contributed by atoms with Crippen molar-refractivity contribution in [2.24, 2.45) is 0 Å². The Kier molecular flexibility index (Phi) is 9.85. The molecule has 0 aromatic heterocycles. The largest absolute Gasteiger partial charge is 0.507 e. The zero-order valence-electron chi connectivity index (χ0n) is 26.7. The summed E-state index contributed by atoms with van der Waals surface area (Å²) in [7, 11) is 1.33. The Labute approximate surface area is 286 Å². The van der Waals surface area contributed by atoms with Crippen LogP contribution in [-0.2, 0) is 27.2 Å². The quantitative estimate of drug-likeness (QED) is 0.102. The number of Topliss-reactive ketones (excluding diaryl/α,β-unsaturated/α-hetero) is 1. The van der Waals surface area contributed by atoms with Crippen LogP contribution < -0.4 is 10.1 Å². The standard InChI is InChI=1S/C34H34N2O12.ClH/c1-15-29(38)21(35-14-17-7-9-18(10-8-17)36(44)45)11-24(47-15)48-23-13-34(43,16(2)37)12-20-26(23)33(42)28-27(31(20)40)30(39)19-5-4-6-22(46-3)25(19)32(28)41;/h4-10,15,21,23-24,29,35,38,40,42-43H,11-14H2,1-3H3;1H. The fraction of sp³-hybridized carbons (Fsp3) is 0.382. The third-order valence-electron chi connectivity index (χ3n) is 9.47. The third kappa shape index (κ3) is 6.16. The molecule has 1 saturated heterocycles. The number of carbonyl (C=O) groups excluding carboxylic acids is 3. The second-order valence-corrected chi connectivity index (χ2v) is 12.4. The number of hydrogen-bond donors (Lipinski definition) is 5. The van der Waals surface area contributed by atoms with E-state index in [0.29, 0.717) is 0 Å². The van der Waals surface area contributed by atoms with Gasteiger partial charge in [-0.15, -0.1) is 12.4 Å². The number of nitrogens with one attached hydrogen (secondary N) is 1. The maximum absolute atomic E-state index is 13.8. The number of aliphatic hydroxyl groups is 2. The number of rotatable bonds is 8. The summed E-state index contributed by atoms with van der Waals surface area (Å²) in [5.41, 5.74) is -2.63. The summed E-state index contributed by atoms with van der Waals surface area (Å²) in [6.45, 7) is 3.04. The number of fused-ring (bicyclic) bond motifs is 3. The molecular formula is C34H35ClN2O12. The van der Waals surface area contributed by atoms with Gasteiger partial charge in [-0.05, 0) is 25.5 Å². The number of methoxy groups -OCH3 is 1. The third-order valence-corrected chi connectivity index (χ3v) is 9.47. The molecule has 0 amide bonds. The smallest absolute Gasteiger partial charge is 0.269 e. The fourth-order valence-electron chi connectivity index (χ4n) is 6.81. The molecule has 0 spiro atoms. The predicted octanol–water partition coefficient (Wildman–Crippen LogP) is 3.19. The highest BCUT2D eigenvalue weighted by molar-refractivity contribution is 6.31. The average molecular weight is 699 g/mol. The Morgan fingerprint density at radius 1 is 1.08 bits per heavy atom. The number of phenols is 2. The molecule has 5 N–H and O–H groups in total. The number of ketones is 3. The summed E-state index contributed by atoms with van der Waals surface area (Å²) in [4.78, 5) is 50.7. The number of non-ortho nitro benzene ring substituents is 1. The van der Waals surface area contributed by atoms with E-state index in [1.807, 2.05) is 0 Å². The summed E-state index contributed by atoms with van der Waals surface area (Å²) >= 11 is 0. The summed E-state index contributed by atoms with van der Waals surface area (Å²) < 4.78 is 17.5. The van der Waals surface area contributed by atoms with Gasteiger partial charge in [-0.1, -0.05) is 24.3 Å². The first-order valence-electron chi connectivity index (χ1n) is 15.3. The van der Waals surface area contributed by atoms with Gasteiger partial charge in [0.05, 0.1) is 47.0 Å². The van der Waals surface area contributed by atoms with Crippen LogP contribution >= 0.6 is 12.4 Å². The molecular weight excluding hydrogens is 664 g/mol. The van der Waals surface area contributed by atoms with Gasteiger partial charge in [0.15, 0.2) is 17.9 Å². The van der Waals surface area contributed by atoms with Crippen LogP contribution in [0.1, 0.15) is 81.3 Å². The number of hydrogen-bond acceptors (Lipinski definition) is 13. The van der Waals surface area contributed by atoms with E-state index < -0.39 is 87.6 Å². The molecule has 3 aliphatic rings. The Morgan fingerprint density at radius 3 is 2.39 bits per heavy atom. The van der Waals surface area contributed by atoms with E-state index in [1.165, 1.54) is 44.4 Å². The van der Waals surface area contributed by atoms with E-state index in [0.717, 1.165) is 5.56 Å². The summed E-state index contributed by atoms with van der Waals surface area (Å²) in [5, 5.41) is 59.8. The number of benzene rings is 3. The lowest BCUT2D eigenvalue weighted by atomic mass is 9.72. The number of halogens is 1. The zero-order valence-corrected chi connectivity index (χ0v) is 27.5. The number of phenolic OH excluding ortho intramolecular Hbond substituents is 2. The molecule has 14 nitrogen and oxygen atoms in total. The second kappa shape index (κ2) is 13.5. The van der Waals surface area contributed by atoms with Crippen LogP contribution in [0.15, 0.2) is 42.5 Å². The zero-order chi connectivity index (χ0) is 34.7. The lowest BCUT2D eigenvalue weighted by Crippen LogP contribution is -2.54. The number of nitrogens with zero attached hydrogens (tertiary/aromatic N) is 1. The number of aliphatic hydroxyl groups excluding tert-OH is 1. The van der Waals surface area contributed by atoms with Crippen LogP contribution in [-0.4, -0.2) is 79.9 Å². The number of nitro groups is 1. The molecule has 1 fully saturated rings. The number of aromatic hydroxyl groups is 2. The minimum absolute atomic E-state index is 0. The monoisotopic (exact) mass is 698 g/mol.